The van der Waals surface area contributed by atoms with Crippen LogP contribution in [-0.4, -0.2) is 42.6 Å². The van der Waals surface area contributed by atoms with Gasteiger partial charge in [-0.2, -0.15) is 0 Å². The van der Waals surface area contributed by atoms with Crippen molar-refractivity contribution < 1.29 is 9.53 Å². The zero-order valence-electron chi connectivity index (χ0n) is 13.0. The van der Waals surface area contributed by atoms with Crippen molar-refractivity contribution in [1.29, 1.82) is 0 Å². The van der Waals surface area contributed by atoms with Gasteiger partial charge in [-0.3, -0.25) is 4.79 Å². The van der Waals surface area contributed by atoms with E-state index in [2.05, 4.69) is 34.5 Å². The van der Waals surface area contributed by atoms with Crippen molar-refractivity contribution in [3.63, 3.8) is 0 Å². The summed E-state index contributed by atoms with van der Waals surface area (Å²) in [7, 11) is 0. The van der Waals surface area contributed by atoms with E-state index in [0.717, 1.165) is 32.2 Å². The van der Waals surface area contributed by atoms with Crippen molar-refractivity contribution in [2.24, 2.45) is 0 Å². The fraction of sp³-hybridized carbons (Fsp3) is 0.611. The molecular weight excluding hydrogens is 276 g/mol. The molecule has 0 aromatic heterocycles. The summed E-state index contributed by atoms with van der Waals surface area (Å²) in [6.07, 6.45) is 5.38. The first-order chi connectivity index (χ1) is 10.8. The van der Waals surface area contributed by atoms with E-state index in [-0.39, 0.29) is 18.1 Å². The van der Waals surface area contributed by atoms with Gasteiger partial charge in [0.1, 0.15) is 6.10 Å². The SMILES string of the molecule is O=C(C1CNCCO1)N(C1CC1)C1CCCc2ccccc21. The lowest BCUT2D eigenvalue weighted by Crippen LogP contribution is -2.51. The van der Waals surface area contributed by atoms with Crippen molar-refractivity contribution in [1.82, 2.24) is 10.2 Å². The van der Waals surface area contributed by atoms with Gasteiger partial charge in [-0.1, -0.05) is 24.3 Å². The fourth-order valence-electron chi connectivity index (χ4n) is 3.85. The number of hydrogen-bond acceptors (Lipinski definition) is 3. The van der Waals surface area contributed by atoms with Gasteiger partial charge < -0.3 is 15.0 Å². The standard InChI is InChI=1S/C18H24N2O2/c21-18(17-12-19-10-11-22-17)20(14-8-9-14)16-7-3-5-13-4-1-2-6-15(13)16/h1-2,4,6,14,16-17,19H,3,5,7-12H2. The quantitative estimate of drug-likeness (QED) is 0.929. The van der Waals surface area contributed by atoms with Gasteiger partial charge in [0.25, 0.3) is 5.91 Å². The van der Waals surface area contributed by atoms with Crippen molar-refractivity contribution in [2.45, 2.75) is 50.3 Å². The molecule has 4 heteroatoms. The van der Waals surface area contributed by atoms with E-state index in [1.54, 1.807) is 0 Å². The van der Waals surface area contributed by atoms with Crippen LogP contribution in [0.2, 0.25) is 0 Å². The summed E-state index contributed by atoms with van der Waals surface area (Å²) < 4.78 is 5.72. The lowest BCUT2D eigenvalue weighted by molar-refractivity contribution is -0.149. The number of ether oxygens (including phenoxy) is 1. The Balaban J connectivity index is 1.61. The molecule has 118 valence electrons. The predicted molar refractivity (Wildman–Crippen MR) is 84.6 cm³/mol. The Bertz CT molecular complexity index is 550. The van der Waals surface area contributed by atoms with Crippen LogP contribution in [0.5, 0.6) is 0 Å². The Hall–Kier alpha value is -1.39. The molecule has 1 aromatic rings. The van der Waals surface area contributed by atoms with Gasteiger partial charge in [-0.15, -0.1) is 0 Å². The van der Waals surface area contributed by atoms with Crippen LogP contribution in [0.1, 0.15) is 42.9 Å². The van der Waals surface area contributed by atoms with Crippen LogP contribution in [0, 0.1) is 0 Å². The van der Waals surface area contributed by atoms with Crippen LogP contribution in [0.25, 0.3) is 0 Å². The molecule has 0 spiro atoms. The lowest BCUT2D eigenvalue weighted by atomic mass is 9.86. The molecular formula is C18H24N2O2. The molecule has 22 heavy (non-hydrogen) atoms. The molecule has 1 N–H and O–H groups in total. The number of carbonyl (C=O) groups is 1. The zero-order chi connectivity index (χ0) is 14.9. The first kappa shape index (κ1) is 14.2. The number of rotatable bonds is 3. The third-order valence-corrected chi connectivity index (χ3v) is 5.07. The predicted octanol–water partition coefficient (Wildman–Crippen LogP) is 2.04. The van der Waals surface area contributed by atoms with Gasteiger partial charge in [0.2, 0.25) is 0 Å². The van der Waals surface area contributed by atoms with Gasteiger partial charge in [0.15, 0.2) is 0 Å². The third-order valence-electron chi connectivity index (χ3n) is 5.07. The summed E-state index contributed by atoms with van der Waals surface area (Å²) in [6, 6.07) is 9.31. The Morgan fingerprint density at radius 3 is 2.86 bits per heavy atom. The van der Waals surface area contributed by atoms with Crippen LogP contribution in [0.15, 0.2) is 24.3 Å². The van der Waals surface area contributed by atoms with Crippen LogP contribution < -0.4 is 5.32 Å². The summed E-state index contributed by atoms with van der Waals surface area (Å²) in [5, 5.41) is 3.28. The highest BCUT2D eigenvalue weighted by Crippen LogP contribution is 2.41. The second-order valence-electron chi connectivity index (χ2n) is 6.65. The maximum atomic E-state index is 13.0. The number of carbonyl (C=O) groups excluding carboxylic acids is 1. The van der Waals surface area contributed by atoms with Crippen molar-refractivity contribution >= 4 is 5.91 Å². The maximum Gasteiger partial charge on any atom is 0.253 e. The second kappa shape index (κ2) is 6.01. The largest absolute Gasteiger partial charge is 0.366 e. The van der Waals surface area contributed by atoms with E-state index in [1.807, 2.05) is 0 Å². The minimum atomic E-state index is -0.302. The van der Waals surface area contributed by atoms with Crippen LogP contribution >= 0.6 is 0 Å². The maximum absolute atomic E-state index is 13.0. The van der Waals surface area contributed by atoms with E-state index < -0.39 is 0 Å². The molecule has 1 aliphatic heterocycles. The van der Waals surface area contributed by atoms with Gasteiger partial charge in [-0.25, -0.2) is 0 Å². The molecule has 1 heterocycles. The molecule has 4 rings (SSSR count). The van der Waals surface area contributed by atoms with Gasteiger partial charge >= 0.3 is 0 Å². The smallest absolute Gasteiger partial charge is 0.253 e. The summed E-state index contributed by atoms with van der Waals surface area (Å²) in [6.45, 7) is 2.13. The number of aryl methyl sites for hydroxylation is 1. The molecule has 2 fully saturated rings. The van der Waals surface area contributed by atoms with Crippen molar-refractivity contribution in [2.75, 3.05) is 19.7 Å². The summed E-state index contributed by atoms with van der Waals surface area (Å²) in [4.78, 5) is 15.2. The van der Waals surface area contributed by atoms with E-state index in [9.17, 15) is 4.79 Å². The molecule has 4 nitrogen and oxygen atoms in total. The van der Waals surface area contributed by atoms with Gasteiger partial charge in [0, 0.05) is 19.1 Å². The normalized spacial score (nSPS) is 28.0. The number of fused-ring (bicyclic) bond motifs is 1. The van der Waals surface area contributed by atoms with Crippen LogP contribution in [0.4, 0.5) is 0 Å². The highest BCUT2D eigenvalue weighted by Gasteiger charge is 2.42. The average Bonchev–Trinajstić information content (AvgIpc) is 3.41. The lowest BCUT2D eigenvalue weighted by Gasteiger charge is -2.38. The van der Waals surface area contributed by atoms with E-state index >= 15 is 0 Å². The summed E-state index contributed by atoms with van der Waals surface area (Å²) >= 11 is 0. The molecule has 0 radical (unpaired) electrons. The topological polar surface area (TPSA) is 41.6 Å². The molecule has 1 saturated carbocycles. The molecule has 1 aromatic carbocycles. The number of hydrogen-bond donors (Lipinski definition) is 1. The molecule has 1 saturated heterocycles. The highest BCUT2D eigenvalue weighted by atomic mass is 16.5. The molecule has 0 bridgehead atoms. The number of nitrogens with one attached hydrogen (secondary N) is 1. The van der Waals surface area contributed by atoms with E-state index in [1.165, 1.54) is 17.5 Å². The minimum Gasteiger partial charge on any atom is -0.366 e. The third kappa shape index (κ3) is 2.66. The van der Waals surface area contributed by atoms with Crippen LogP contribution in [0.3, 0.4) is 0 Å². The van der Waals surface area contributed by atoms with Crippen molar-refractivity contribution in [3.8, 4) is 0 Å². The van der Waals surface area contributed by atoms with E-state index in [4.69, 9.17) is 4.74 Å². The average molecular weight is 300 g/mol. The Morgan fingerprint density at radius 1 is 1.23 bits per heavy atom. The van der Waals surface area contributed by atoms with Crippen LogP contribution in [-0.2, 0) is 16.0 Å². The molecule has 1 amide bonds. The molecule has 2 unspecified atom stereocenters. The number of benzene rings is 1. The van der Waals surface area contributed by atoms with E-state index in [0.29, 0.717) is 19.2 Å². The number of morpholine rings is 1. The zero-order valence-corrected chi connectivity index (χ0v) is 13.0. The number of amides is 1. The van der Waals surface area contributed by atoms with Crippen molar-refractivity contribution in [3.05, 3.63) is 35.4 Å². The first-order valence-corrected chi connectivity index (χ1v) is 8.57. The van der Waals surface area contributed by atoms with Gasteiger partial charge in [0.05, 0.1) is 12.6 Å². The highest BCUT2D eigenvalue weighted by molar-refractivity contribution is 5.82. The Labute approximate surface area is 131 Å². The Morgan fingerprint density at radius 2 is 2.09 bits per heavy atom. The molecule has 2 atom stereocenters. The summed E-state index contributed by atoms with van der Waals surface area (Å²) in [5.74, 6) is 0.191. The summed E-state index contributed by atoms with van der Waals surface area (Å²) in [5.41, 5.74) is 2.78. The van der Waals surface area contributed by atoms with Gasteiger partial charge in [-0.05, 0) is 43.2 Å². The fourth-order valence-corrected chi connectivity index (χ4v) is 3.85. The molecule has 3 aliphatic rings. The minimum absolute atomic E-state index is 0.191. The monoisotopic (exact) mass is 300 g/mol. The molecule has 2 aliphatic carbocycles. The first-order valence-electron chi connectivity index (χ1n) is 8.57. The number of nitrogens with zero attached hydrogens (tertiary/aromatic N) is 1. The second-order valence-corrected chi connectivity index (χ2v) is 6.65. The Kier molecular flexibility index (Phi) is 3.89.